The van der Waals surface area contributed by atoms with Crippen LogP contribution < -0.4 is 5.32 Å². The highest BCUT2D eigenvalue weighted by molar-refractivity contribution is 5.80. The van der Waals surface area contributed by atoms with Gasteiger partial charge in [0.25, 0.3) is 0 Å². The number of nitrogens with zero attached hydrogens (tertiary/aromatic N) is 1. The van der Waals surface area contributed by atoms with Gasteiger partial charge in [0.15, 0.2) is 0 Å². The van der Waals surface area contributed by atoms with Crippen molar-refractivity contribution in [1.82, 2.24) is 10.2 Å². The lowest BCUT2D eigenvalue weighted by Gasteiger charge is -2.35. The molecular formula is C9H12F6N2O. The highest BCUT2D eigenvalue weighted by Crippen LogP contribution is 2.40. The zero-order valence-electron chi connectivity index (χ0n) is 9.40. The Labute approximate surface area is 99.1 Å². The van der Waals surface area contributed by atoms with E-state index in [9.17, 15) is 31.1 Å². The van der Waals surface area contributed by atoms with Crippen LogP contribution in [0.15, 0.2) is 0 Å². The Balaban J connectivity index is 2.90. The Kier molecular flexibility index (Phi) is 4.14. The molecule has 106 valence electrons. The summed E-state index contributed by atoms with van der Waals surface area (Å²) in [7, 11) is 0. The average Bonchev–Trinajstić information content (AvgIpc) is 2.12. The monoisotopic (exact) mass is 278 g/mol. The standard InChI is InChI=1S/C9H12F6N2O/c1-5-4-17(3-2-16-5)7(18)6(8(10,11)12)9(13,14)15/h5-6,16H,2-4H2,1H3. The maximum Gasteiger partial charge on any atom is 0.409 e. The third kappa shape index (κ3) is 3.50. The lowest BCUT2D eigenvalue weighted by Crippen LogP contribution is -2.57. The summed E-state index contributed by atoms with van der Waals surface area (Å²) in [5, 5.41) is 2.83. The van der Waals surface area contributed by atoms with Crippen LogP contribution in [0.25, 0.3) is 0 Å². The van der Waals surface area contributed by atoms with Crippen molar-refractivity contribution >= 4 is 5.91 Å². The lowest BCUT2D eigenvalue weighted by atomic mass is 10.1. The first-order valence-electron chi connectivity index (χ1n) is 5.19. The van der Waals surface area contributed by atoms with Gasteiger partial charge < -0.3 is 10.2 Å². The van der Waals surface area contributed by atoms with Gasteiger partial charge in [0, 0.05) is 25.7 Å². The van der Waals surface area contributed by atoms with Gasteiger partial charge in [-0.3, -0.25) is 4.79 Å². The summed E-state index contributed by atoms with van der Waals surface area (Å²) in [6, 6.07) is -0.329. The molecule has 0 radical (unpaired) electrons. The summed E-state index contributed by atoms with van der Waals surface area (Å²) in [6.45, 7) is 1.43. The van der Waals surface area contributed by atoms with Gasteiger partial charge >= 0.3 is 12.4 Å². The first-order chi connectivity index (χ1) is 8.03. The summed E-state index contributed by atoms with van der Waals surface area (Å²) in [4.78, 5) is 12.0. The van der Waals surface area contributed by atoms with Crippen LogP contribution in [-0.2, 0) is 4.79 Å². The molecule has 1 aliphatic rings. The molecule has 1 unspecified atom stereocenters. The topological polar surface area (TPSA) is 32.3 Å². The quantitative estimate of drug-likeness (QED) is 0.738. The van der Waals surface area contributed by atoms with E-state index in [0.29, 0.717) is 4.90 Å². The summed E-state index contributed by atoms with van der Waals surface area (Å²) in [5.74, 6) is -5.86. The lowest BCUT2D eigenvalue weighted by molar-refractivity contribution is -0.277. The van der Waals surface area contributed by atoms with Crippen LogP contribution in [0.1, 0.15) is 6.92 Å². The molecule has 1 N–H and O–H groups in total. The van der Waals surface area contributed by atoms with E-state index in [4.69, 9.17) is 0 Å². The van der Waals surface area contributed by atoms with Crippen LogP contribution in [0.5, 0.6) is 0 Å². The van der Waals surface area contributed by atoms with Crippen LogP contribution in [0.4, 0.5) is 26.3 Å². The third-order valence-corrected chi connectivity index (χ3v) is 2.58. The Morgan fingerprint density at radius 2 is 1.72 bits per heavy atom. The first-order valence-corrected chi connectivity index (χ1v) is 5.19. The summed E-state index contributed by atoms with van der Waals surface area (Å²) in [6.07, 6.45) is -11.2. The second-order valence-electron chi connectivity index (χ2n) is 4.16. The van der Waals surface area contributed by atoms with E-state index in [1.165, 1.54) is 0 Å². The summed E-state index contributed by atoms with van der Waals surface area (Å²) >= 11 is 0. The molecule has 1 heterocycles. The Hall–Kier alpha value is -0.990. The van der Waals surface area contributed by atoms with Gasteiger partial charge in [-0.2, -0.15) is 26.3 Å². The second-order valence-corrected chi connectivity index (χ2v) is 4.16. The molecule has 0 saturated carbocycles. The van der Waals surface area contributed by atoms with Gasteiger partial charge in [0.2, 0.25) is 11.8 Å². The van der Waals surface area contributed by atoms with Gasteiger partial charge in [-0.1, -0.05) is 0 Å². The molecule has 3 nitrogen and oxygen atoms in total. The van der Waals surface area contributed by atoms with Crippen LogP contribution in [0.3, 0.4) is 0 Å². The minimum atomic E-state index is -5.62. The van der Waals surface area contributed by atoms with E-state index in [2.05, 4.69) is 5.32 Å². The number of amides is 1. The van der Waals surface area contributed by atoms with E-state index in [1.54, 1.807) is 6.92 Å². The molecule has 1 amide bonds. The normalized spacial score (nSPS) is 22.4. The average molecular weight is 278 g/mol. The number of piperazine rings is 1. The molecule has 0 aliphatic carbocycles. The Morgan fingerprint density at radius 1 is 1.22 bits per heavy atom. The number of hydrogen-bond acceptors (Lipinski definition) is 2. The van der Waals surface area contributed by atoms with Crippen molar-refractivity contribution in [2.75, 3.05) is 19.6 Å². The number of nitrogens with one attached hydrogen (secondary N) is 1. The maximum atomic E-state index is 12.3. The molecule has 1 saturated heterocycles. The van der Waals surface area contributed by atoms with Crippen molar-refractivity contribution in [3.05, 3.63) is 0 Å². The van der Waals surface area contributed by atoms with Crippen LogP contribution in [-0.4, -0.2) is 48.8 Å². The molecule has 1 atom stereocenters. The van der Waals surface area contributed by atoms with Crippen LogP contribution >= 0.6 is 0 Å². The minimum Gasteiger partial charge on any atom is -0.339 e. The van der Waals surface area contributed by atoms with Crippen molar-refractivity contribution in [1.29, 1.82) is 0 Å². The van der Waals surface area contributed by atoms with Gasteiger partial charge in [-0.05, 0) is 6.92 Å². The molecule has 0 aromatic rings. The molecule has 0 spiro atoms. The number of carbonyl (C=O) groups excluding carboxylic acids is 1. The van der Waals surface area contributed by atoms with Crippen molar-refractivity contribution in [2.24, 2.45) is 5.92 Å². The predicted octanol–water partition coefficient (Wildman–Crippen LogP) is 1.55. The smallest absolute Gasteiger partial charge is 0.339 e. The number of rotatable bonds is 1. The van der Waals surface area contributed by atoms with E-state index < -0.39 is 24.2 Å². The van der Waals surface area contributed by atoms with E-state index >= 15 is 0 Å². The van der Waals surface area contributed by atoms with Crippen LogP contribution in [0, 0.1) is 5.92 Å². The van der Waals surface area contributed by atoms with Gasteiger partial charge in [0.1, 0.15) is 0 Å². The molecule has 18 heavy (non-hydrogen) atoms. The van der Waals surface area contributed by atoms with Crippen molar-refractivity contribution in [3.8, 4) is 0 Å². The fourth-order valence-corrected chi connectivity index (χ4v) is 1.78. The molecule has 9 heteroatoms. The largest absolute Gasteiger partial charge is 0.409 e. The maximum absolute atomic E-state index is 12.3. The molecule has 1 aliphatic heterocycles. The predicted molar refractivity (Wildman–Crippen MR) is 49.6 cm³/mol. The fourth-order valence-electron chi connectivity index (χ4n) is 1.78. The van der Waals surface area contributed by atoms with Crippen molar-refractivity contribution in [2.45, 2.75) is 25.3 Å². The van der Waals surface area contributed by atoms with E-state index in [-0.39, 0.29) is 25.7 Å². The van der Waals surface area contributed by atoms with Gasteiger partial charge in [-0.15, -0.1) is 0 Å². The molecule has 1 fully saturated rings. The van der Waals surface area contributed by atoms with Gasteiger partial charge in [0.05, 0.1) is 0 Å². The van der Waals surface area contributed by atoms with E-state index in [0.717, 1.165) is 0 Å². The van der Waals surface area contributed by atoms with Crippen LogP contribution in [0.2, 0.25) is 0 Å². The summed E-state index contributed by atoms with van der Waals surface area (Å²) in [5.41, 5.74) is 0. The number of alkyl halides is 6. The molecule has 1 rings (SSSR count). The minimum absolute atomic E-state index is 0.161. The second kappa shape index (κ2) is 4.94. The Morgan fingerprint density at radius 3 is 2.11 bits per heavy atom. The number of hydrogen-bond donors (Lipinski definition) is 1. The third-order valence-electron chi connectivity index (χ3n) is 2.58. The fraction of sp³-hybridized carbons (Fsp3) is 0.889. The van der Waals surface area contributed by atoms with Crippen molar-refractivity contribution in [3.63, 3.8) is 0 Å². The first kappa shape index (κ1) is 15.1. The molecule has 0 aromatic heterocycles. The van der Waals surface area contributed by atoms with Crippen molar-refractivity contribution < 1.29 is 31.1 Å². The Bertz CT molecular complexity index is 299. The van der Waals surface area contributed by atoms with Gasteiger partial charge in [-0.25, -0.2) is 0 Å². The zero-order chi connectivity index (χ0) is 14.1. The highest BCUT2D eigenvalue weighted by Gasteiger charge is 2.62. The number of carbonyl (C=O) groups is 1. The molecule has 0 bridgehead atoms. The molecular weight excluding hydrogens is 266 g/mol. The number of halogens is 6. The SMILES string of the molecule is CC1CN(C(=O)C(C(F)(F)F)C(F)(F)F)CCN1. The summed E-state index contributed by atoms with van der Waals surface area (Å²) < 4.78 is 74.0. The highest BCUT2D eigenvalue weighted by atomic mass is 19.4. The molecule has 0 aromatic carbocycles. The van der Waals surface area contributed by atoms with E-state index in [1.807, 2.05) is 0 Å². The zero-order valence-corrected chi connectivity index (χ0v) is 9.40.